The lowest BCUT2D eigenvalue weighted by Gasteiger charge is -2.11. The maximum Gasteiger partial charge on any atom is 0.418 e. The molecule has 0 saturated carbocycles. The van der Waals surface area contributed by atoms with E-state index in [1.165, 1.54) is 6.07 Å². The van der Waals surface area contributed by atoms with Crippen molar-refractivity contribution in [2.45, 2.75) is 12.7 Å². The van der Waals surface area contributed by atoms with E-state index in [-0.39, 0.29) is 17.9 Å². The van der Waals surface area contributed by atoms with E-state index in [0.717, 1.165) is 12.5 Å². The van der Waals surface area contributed by atoms with E-state index in [9.17, 15) is 18.0 Å². The van der Waals surface area contributed by atoms with Gasteiger partial charge in [0.25, 0.3) is 5.91 Å². The topological polar surface area (TPSA) is 94.0 Å². The third kappa shape index (κ3) is 3.05. The number of anilines is 1. The number of benzene rings is 1. The van der Waals surface area contributed by atoms with Crippen molar-refractivity contribution >= 4 is 11.6 Å². The Morgan fingerprint density at radius 3 is 2.75 bits per heavy atom. The highest BCUT2D eigenvalue weighted by Gasteiger charge is 2.33. The van der Waals surface area contributed by atoms with E-state index < -0.39 is 23.3 Å². The fourth-order valence-electron chi connectivity index (χ4n) is 1.47. The van der Waals surface area contributed by atoms with Gasteiger partial charge < -0.3 is 15.6 Å². The zero-order valence-electron chi connectivity index (χ0n) is 9.94. The van der Waals surface area contributed by atoms with Crippen LogP contribution in [-0.2, 0) is 12.7 Å². The fourth-order valence-corrected chi connectivity index (χ4v) is 1.47. The first-order valence-corrected chi connectivity index (χ1v) is 5.38. The fraction of sp³-hybridized carbons (Fsp3) is 0.182. The molecule has 1 amide bonds. The Hall–Kier alpha value is -2.58. The lowest BCUT2D eigenvalue weighted by Crippen LogP contribution is -2.24. The zero-order valence-corrected chi connectivity index (χ0v) is 9.94. The van der Waals surface area contributed by atoms with Crippen LogP contribution in [0.25, 0.3) is 0 Å². The molecule has 0 atom stereocenters. The van der Waals surface area contributed by atoms with Crippen LogP contribution in [0.3, 0.4) is 0 Å². The van der Waals surface area contributed by atoms with Crippen LogP contribution in [0, 0.1) is 0 Å². The molecule has 0 bridgehead atoms. The molecule has 9 heteroatoms. The van der Waals surface area contributed by atoms with Crippen LogP contribution < -0.4 is 11.1 Å². The standard InChI is InChI=1S/C11H9F3N4O2/c12-11(13,14)7-3-6(1-2-8(7)15)10(19)16-4-9-17-5-20-18-9/h1-3,5H,4,15H2,(H,16,19). The van der Waals surface area contributed by atoms with Gasteiger partial charge in [-0.2, -0.15) is 18.2 Å². The minimum atomic E-state index is -4.62. The van der Waals surface area contributed by atoms with Gasteiger partial charge in [-0.3, -0.25) is 4.79 Å². The number of alkyl halides is 3. The summed E-state index contributed by atoms with van der Waals surface area (Å²) >= 11 is 0. The summed E-state index contributed by atoms with van der Waals surface area (Å²) in [5, 5.41) is 5.82. The van der Waals surface area contributed by atoms with Crippen LogP contribution in [-0.4, -0.2) is 16.0 Å². The van der Waals surface area contributed by atoms with Crippen molar-refractivity contribution in [3.63, 3.8) is 0 Å². The van der Waals surface area contributed by atoms with Crippen molar-refractivity contribution < 1.29 is 22.5 Å². The first kappa shape index (κ1) is 13.8. The molecule has 1 aromatic heterocycles. The molecule has 20 heavy (non-hydrogen) atoms. The number of amides is 1. The lowest BCUT2D eigenvalue weighted by atomic mass is 10.1. The van der Waals surface area contributed by atoms with E-state index >= 15 is 0 Å². The van der Waals surface area contributed by atoms with Crippen LogP contribution in [0.2, 0.25) is 0 Å². The highest BCUT2D eigenvalue weighted by molar-refractivity contribution is 5.94. The third-order valence-electron chi connectivity index (χ3n) is 2.43. The normalized spacial score (nSPS) is 11.3. The van der Waals surface area contributed by atoms with Crippen molar-refractivity contribution in [2.24, 2.45) is 0 Å². The molecule has 0 unspecified atom stereocenters. The van der Waals surface area contributed by atoms with Crippen molar-refractivity contribution in [1.82, 2.24) is 15.5 Å². The van der Waals surface area contributed by atoms with Crippen molar-refractivity contribution in [1.29, 1.82) is 0 Å². The van der Waals surface area contributed by atoms with Gasteiger partial charge in [0.1, 0.15) is 0 Å². The third-order valence-corrected chi connectivity index (χ3v) is 2.43. The Kier molecular flexibility index (Phi) is 3.59. The minimum absolute atomic E-state index is 0.0545. The number of carbonyl (C=O) groups is 1. The lowest BCUT2D eigenvalue weighted by molar-refractivity contribution is -0.136. The molecule has 2 rings (SSSR count). The van der Waals surface area contributed by atoms with Gasteiger partial charge in [0.15, 0.2) is 5.82 Å². The largest absolute Gasteiger partial charge is 0.418 e. The molecular weight excluding hydrogens is 277 g/mol. The molecule has 0 radical (unpaired) electrons. The summed E-state index contributed by atoms with van der Waals surface area (Å²) in [7, 11) is 0. The molecule has 0 saturated heterocycles. The molecule has 0 spiro atoms. The van der Waals surface area contributed by atoms with E-state index in [2.05, 4.69) is 20.0 Å². The second-order valence-corrected chi connectivity index (χ2v) is 3.83. The summed E-state index contributed by atoms with van der Waals surface area (Å²) in [6.45, 7) is -0.0545. The summed E-state index contributed by atoms with van der Waals surface area (Å²) < 4.78 is 42.4. The Morgan fingerprint density at radius 2 is 2.15 bits per heavy atom. The molecular formula is C11H9F3N4O2. The van der Waals surface area contributed by atoms with Crippen molar-refractivity contribution in [2.75, 3.05) is 5.73 Å². The predicted molar refractivity (Wildman–Crippen MR) is 61.3 cm³/mol. The number of halogens is 3. The molecule has 3 N–H and O–H groups in total. The van der Waals surface area contributed by atoms with Gasteiger partial charge in [0.2, 0.25) is 6.39 Å². The number of nitrogens with zero attached hydrogens (tertiary/aromatic N) is 2. The number of aromatic nitrogens is 2. The van der Waals surface area contributed by atoms with Gasteiger partial charge in [-0.1, -0.05) is 5.16 Å². The predicted octanol–water partition coefficient (Wildman–Crippen LogP) is 1.60. The number of hydrogen-bond donors (Lipinski definition) is 2. The number of nitrogens with two attached hydrogens (primary N) is 1. The molecule has 106 valence electrons. The Labute approximate surface area is 110 Å². The van der Waals surface area contributed by atoms with Crippen LogP contribution in [0.1, 0.15) is 21.7 Å². The minimum Gasteiger partial charge on any atom is -0.398 e. The van der Waals surface area contributed by atoms with Gasteiger partial charge in [-0.25, -0.2) is 0 Å². The molecule has 0 aliphatic heterocycles. The van der Waals surface area contributed by atoms with Crippen LogP contribution in [0.15, 0.2) is 29.1 Å². The SMILES string of the molecule is Nc1ccc(C(=O)NCc2ncon2)cc1C(F)(F)F. The number of rotatable bonds is 3. The van der Waals surface area contributed by atoms with Crippen LogP contribution in [0.4, 0.5) is 18.9 Å². The highest BCUT2D eigenvalue weighted by atomic mass is 19.4. The smallest absolute Gasteiger partial charge is 0.398 e. The van der Waals surface area contributed by atoms with Gasteiger partial charge in [-0.15, -0.1) is 0 Å². The summed E-state index contributed by atoms with van der Waals surface area (Å²) in [6.07, 6.45) is -3.54. The average Bonchev–Trinajstić information content (AvgIpc) is 2.88. The van der Waals surface area contributed by atoms with Gasteiger partial charge in [0, 0.05) is 11.3 Å². The monoisotopic (exact) mass is 286 g/mol. The second kappa shape index (κ2) is 5.19. The van der Waals surface area contributed by atoms with Crippen LogP contribution in [0.5, 0.6) is 0 Å². The van der Waals surface area contributed by atoms with Crippen molar-refractivity contribution in [3.05, 3.63) is 41.5 Å². The van der Waals surface area contributed by atoms with E-state index in [1.54, 1.807) is 0 Å². The van der Waals surface area contributed by atoms with E-state index in [1.807, 2.05) is 0 Å². The maximum atomic E-state index is 12.7. The molecule has 0 aliphatic carbocycles. The summed E-state index contributed by atoms with van der Waals surface area (Å²) in [4.78, 5) is 15.4. The molecule has 6 nitrogen and oxygen atoms in total. The quantitative estimate of drug-likeness (QED) is 0.836. The highest BCUT2D eigenvalue weighted by Crippen LogP contribution is 2.33. The maximum absolute atomic E-state index is 12.7. The summed E-state index contributed by atoms with van der Waals surface area (Å²) in [5.74, 6) is -0.481. The Bertz CT molecular complexity index is 611. The van der Waals surface area contributed by atoms with E-state index in [0.29, 0.717) is 6.07 Å². The van der Waals surface area contributed by atoms with Crippen LogP contribution >= 0.6 is 0 Å². The number of carbonyl (C=O) groups excluding carboxylic acids is 1. The second-order valence-electron chi connectivity index (χ2n) is 3.83. The Morgan fingerprint density at radius 1 is 1.40 bits per heavy atom. The van der Waals surface area contributed by atoms with Gasteiger partial charge in [-0.05, 0) is 18.2 Å². The summed E-state index contributed by atoms with van der Waals surface area (Å²) in [6, 6.07) is 2.93. The first-order valence-electron chi connectivity index (χ1n) is 5.38. The summed E-state index contributed by atoms with van der Waals surface area (Å²) in [5.41, 5.74) is 3.60. The van der Waals surface area contributed by atoms with Gasteiger partial charge >= 0.3 is 6.18 Å². The Balaban J connectivity index is 2.14. The molecule has 1 heterocycles. The molecule has 1 aromatic carbocycles. The van der Waals surface area contributed by atoms with Gasteiger partial charge in [0.05, 0.1) is 12.1 Å². The number of nitrogen functional groups attached to an aromatic ring is 1. The first-order chi connectivity index (χ1) is 9.38. The average molecular weight is 286 g/mol. The number of hydrogen-bond acceptors (Lipinski definition) is 5. The van der Waals surface area contributed by atoms with Crippen molar-refractivity contribution in [3.8, 4) is 0 Å². The van der Waals surface area contributed by atoms with E-state index in [4.69, 9.17) is 5.73 Å². The number of nitrogens with one attached hydrogen (secondary N) is 1. The molecule has 0 fully saturated rings. The molecule has 2 aromatic rings. The molecule has 0 aliphatic rings. The zero-order chi connectivity index (χ0) is 14.8.